The number of carbonyl (C=O) groups is 2. The lowest BCUT2D eigenvalue weighted by Gasteiger charge is -2.05. The van der Waals surface area contributed by atoms with Gasteiger partial charge in [0.25, 0.3) is 11.8 Å². The summed E-state index contributed by atoms with van der Waals surface area (Å²) in [5, 5.41) is 6.65. The lowest BCUT2D eigenvalue weighted by Crippen LogP contribution is -2.30. The predicted octanol–water partition coefficient (Wildman–Crippen LogP) is 3.00. The lowest BCUT2D eigenvalue weighted by molar-refractivity contribution is -0.144. The van der Waals surface area contributed by atoms with Crippen molar-refractivity contribution in [1.29, 1.82) is 0 Å². The molecule has 0 saturated carbocycles. The molecule has 0 aliphatic carbocycles. The fourth-order valence-electron chi connectivity index (χ4n) is 2.14. The average molecular weight is 390 g/mol. The number of halogens is 2. The van der Waals surface area contributed by atoms with Gasteiger partial charge in [-0.25, -0.2) is 4.39 Å². The van der Waals surface area contributed by atoms with Gasteiger partial charge in [-0.3, -0.25) is 9.59 Å². The smallest absolute Gasteiger partial charge is 0.325 e. The summed E-state index contributed by atoms with van der Waals surface area (Å²) in [5.41, 5.74) is 0.761. The van der Waals surface area contributed by atoms with Crippen LogP contribution in [0.2, 0.25) is 5.02 Å². The molecule has 0 unspecified atom stereocenters. The van der Waals surface area contributed by atoms with Crippen molar-refractivity contribution >= 4 is 23.5 Å². The SMILES string of the molecule is O=C(CNC(=O)c1cccc(F)c1)OCc1nc(-c2cccc(Cl)c2)no1. The van der Waals surface area contributed by atoms with Gasteiger partial charge in [-0.05, 0) is 30.3 Å². The lowest BCUT2D eigenvalue weighted by atomic mass is 10.2. The summed E-state index contributed by atoms with van der Waals surface area (Å²) >= 11 is 5.91. The van der Waals surface area contributed by atoms with E-state index in [0.717, 1.165) is 6.07 Å². The van der Waals surface area contributed by atoms with Gasteiger partial charge in [0, 0.05) is 16.1 Å². The predicted molar refractivity (Wildman–Crippen MR) is 93.3 cm³/mol. The number of esters is 1. The quantitative estimate of drug-likeness (QED) is 0.651. The van der Waals surface area contributed by atoms with Crippen LogP contribution in [0.25, 0.3) is 11.4 Å². The Kier molecular flexibility index (Phi) is 5.77. The molecule has 0 aliphatic rings. The van der Waals surface area contributed by atoms with E-state index in [0.29, 0.717) is 16.4 Å². The van der Waals surface area contributed by atoms with Gasteiger partial charge in [0.2, 0.25) is 5.82 Å². The average Bonchev–Trinajstić information content (AvgIpc) is 3.13. The van der Waals surface area contributed by atoms with E-state index in [1.54, 1.807) is 24.3 Å². The second kappa shape index (κ2) is 8.41. The van der Waals surface area contributed by atoms with Gasteiger partial charge in [-0.15, -0.1) is 0 Å². The molecule has 2 aromatic carbocycles. The van der Waals surface area contributed by atoms with Crippen LogP contribution >= 0.6 is 11.6 Å². The van der Waals surface area contributed by atoms with Crippen molar-refractivity contribution < 1.29 is 23.2 Å². The fourth-order valence-corrected chi connectivity index (χ4v) is 2.33. The minimum Gasteiger partial charge on any atom is -0.454 e. The molecule has 7 nitrogen and oxygen atoms in total. The molecule has 0 aliphatic heterocycles. The molecule has 0 fully saturated rings. The Bertz CT molecular complexity index is 977. The molecule has 0 saturated heterocycles. The highest BCUT2D eigenvalue weighted by molar-refractivity contribution is 6.30. The molecule has 138 valence electrons. The monoisotopic (exact) mass is 389 g/mol. The second-order valence-corrected chi connectivity index (χ2v) is 5.81. The van der Waals surface area contributed by atoms with Crippen molar-refractivity contribution in [3.8, 4) is 11.4 Å². The minimum atomic E-state index is -0.706. The Balaban J connectivity index is 1.49. The van der Waals surface area contributed by atoms with Gasteiger partial charge < -0.3 is 14.6 Å². The van der Waals surface area contributed by atoms with Crippen molar-refractivity contribution in [2.24, 2.45) is 0 Å². The summed E-state index contributed by atoms with van der Waals surface area (Å²) in [6.45, 7) is -0.632. The zero-order chi connectivity index (χ0) is 19.2. The Morgan fingerprint density at radius 2 is 2.00 bits per heavy atom. The first kappa shape index (κ1) is 18.5. The Morgan fingerprint density at radius 1 is 1.19 bits per heavy atom. The van der Waals surface area contributed by atoms with Gasteiger partial charge in [-0.1, -0.05) is 35.0 Å². The highest BCUT2D eigenvalue weighted by Crippen LogP contribution is 2.20. The molecule has 1 heterocycles. The number of rotatable bonds is 6. The van der Waals surface area contributed by atoms with E-state index in [1.165, 1.54) is 18.2 Å². The van der Waals surface area contributed by atoms with E-state index in [9.17, 15) is 14.0 Å². The second-order valence-electron chi connectivity index (χ2n) is 5.38. The van der Waals surface area contributed by atoms with Crippen molar-refractivity contribution in [2.75, 3.05) is 6.54 Å². The first-order chi connectivity index (χ1) is 13.0. The van der Waals surface area contributed by atoms with Crippen LogP contribution < -0.4 is 5.32 Å². The topological polar surface area (TPSA) is 94.3 Å². The van der Waals surface area contributed by atoms with Gasteiger partial charge in [-0.2, -0.15) is 4.98 Å². The number of hydrogen-bond acceptors (Lipinski definition) is 6. The molecule has 1 amide bonds. The minimum absolute atomic E-state index is 0.0924. The number of hydrogen-bond donors (Lipinski definition) is 1. The van der Waals surface area contributed by atoms with Crippen molar-refractivity contribution in [1.82, 2.24) is 15.5 Å². The van der Waals surface area contributed by atoms with Crippen LogP contribution in [0.4, 0.5) is 4.39 Å². The standard InChI is InChI=1S/C18H13ClFN3O4/c19-13-5-1-3-11(7-13)17-22-15(27-23-17)10-26-16(24)9-21-18(25)12-4-2-6-14(20)8-12/h1-8H,9-10H2,(H,21,25). The number of benzene rings is 2. The fraction of sp³-hybridized carbons (Fsp3) is 0.111. The van der Waals surface area contributed by atoms with E-state index in [-0.39, 0.29) is 24.6 Å². The number of nitrogens with zero attached hydrogens (tertiary/aromatic N) is 2. The number of carbonyl (C=O) groups excluding carboxylic acids is 2. The van der Waals surface area contributed by atoms with E-state index in [2.05, 4.69) is 15.5 Å². The van der Waals surface area contributed by atoms with E-state index in [1.807, 2.05) is 0 Å². The Morgan fingerprint density at radius 3 is 2.78 bits per heavy atom. The number of ether oxygens (including phenoxy) is 1. The zero-order valence-electron chi connectivity index (χ0n) is 13.8. The molecule has 9 heteroatoms. The van der Waals surface area contributed by atoms with Crippen LogP contribution in [0.1, 0.15) is 16.2 Å². The molecule has 1 N–H and O–H groups in total. The van der Waals surface area contributed by atoms with Crippen LogP contribution in [-0.4, -0.2) is 28.6 Å². The van der Waals surface area contributed by atoms with Crippen molar-refractivity contribution in [2.45, 2.75) is 6.61 Å². The molecule has 3 rings (SSSR count). The molecule has 0 spiro atoms. The third kappa shape index (κ3) is 5.11. The summed E-state index contributed by atoms with van der Waals surface area (Å²) in [5.74, 6) is -1.44. The number of amides is 1. The van der Waals surface area contributed by atoms with E-state index in [4.69, 9.17) is 20.9 Å². The largest absolute Gasteiger partial charge is 0.454 e. The van der Waals surface area contributed by atoms with Crippen LogP contribution in [0.3, 0.4) is 0 Å². The van der Waals surface area contributed by atoms with Crippen LogP contribution in [-0.2, 0) is 16.1 Å². The molecule has 0 radical (unpaired) electrons. The normalized spacial score (nSPS) is 10.4. The summed E-state index contributed by atoms with van der Waals surface area (Å²) < 4.78 is 23.0. The maximum Gasteiger partial charge on any atom is 0.325 e. The molecular weight excluding hydrogens is 377 g/mol. The van der Waals surface area contributed by atoms with Crippen LogP contribution in [0, 0.1) is 5.82 Å². The highest BCUT2D eigenvalue weighted by Gasteiger charge is 2.13. The summed E-state index contributed by atoms with van der Waals surface area (Å²) in [4.78, 5) is 27.7. The molecule has 3 aromatic rings. The van der Waals surface area contributed by atoms with Crippen molar-refractivity contribution in [3.05, 3.63) is 70.8 Å². The van der Waals surface area contributed by atoms with Gasteiger partial charge >= 0.3 is 5.97 Å². The Labute approximate surface area is 158 Å². The van der Waals surface area contributed by atoms with E-state index < -0.39 is 17.7 Å². The van der Waals surface area contributed by atoms with E-state index >= 15 is 0 Å². The Hall–Kier alpha value is -3.26. The van der Waals surface area contributed by atoms with Crippen LogP contribution in [0.15, 0.2) is 53.1 Å². The van der Waals surface area contributed by atoms with Crippen LogP contribution in [0.5, 0.6) is 0 Å². The summed E-state index contributed by atoms with van der Waals surface area (Å²) in [6.07, 6.45) is 0. The third-order valence-electron chi connectivity index (χ3n) is 3.39. The zero-order valence-corrected chi connectivity index (χ0v) is 14.6. The molecule has 0 bridgehead atoms. The molecule has 0 atom stereocenters. The summed E-state index contributed by atoms with van der Waals surface area (Å²) in [7, 11) is 0. The number of nitrogens with one attached hydrogen (secondary N) is 1. The maximum absolute atomic E-state index is 13.1. The maximum atomic E-state index is 13.1. The highest BCUT2D eigenvalue weighted by atomic mass is 35.5. The van der Waals surface area contributed by atoms with Crippen molar-refractivity contribution in [3.63, 3.8) is 0 Å². The number of aromatic nitrogens is 2. The first-order valence-electron chi connectivity index (χ1n) is 7.79. The molecule has 1 aromatic heterocycles. The third-order valence-corrected chi connectivity index (χ3v) is 3.62. The molecular formula is C18H13ClFN3O4. The summed E-state index contributed by atoms with van der Waals surface area (Å²) in [6, 6.07) is 12.0. The van der Waals surface area contributed by atoms with Gasteiger partial charge in [0.05, 0.1) is 0 Å². The first-order valence-corrected chi connectivity index (χ1v) is 8.17. The van der Waals surface area contributed by atoms with Gasteiger partial charge in [0.15, 0.2) is 6.61 Å². The molecule has 27 heavy (non-hydrogen) atoms. The van der Waals surface area contributed by atoms with Gasteiger partial charge in [0.1, 0.15) is 12.4 Å².